The van der Waals surface area contributed by atoms with Crippen LogP contribution in [0, 0.1) is 11.7 Å². The number of hydrogen-bond acceptors (Lipinski definition) is 5. The van der Waals surface area contributed by atoms with Gasteiger partial charge in [0.15, 0.2) is 11.5 Å². The smallest absolute Gasteiger partial charge is 0.198 e. The molecule has 0 N–H and O–H groups in total. The van der Waals surface area contributed by atoms with Crippen LogP contribution in [0.3, 0.4) is 0 Å². The van der Waals surface area contributed by atoms with Crippen LogP contribution >= 0.6 is 11.6 Å². The number of methoxy groups -OCH3 is 1. The number of halogens is 2. The van der Waals surface area contributed by atoms with E-state index in [0.717, 1.165) is 43.9 Å². The van der Waals surface area contributed by atoms with Gasteiger partial charge in [-0.05, 0) is 49.7 Å². The van der Waals surface area contributed by atoms with Crippen molar-refractivity contribution in [3.63, 3.8) is 0 Å². The molecule has 0 amide bonds. The van der Waals surface area contributed by atoms with Crippen molar-refractivity contribution in [2.24, 2.45) is 5.92 Å². The third kappa shape index (κ3) is 3.41. The second kappa shape index (κ2) is 7.44. The average Bonchev–Trinajstić information content (AvgIpc) is 3.46. The number of aromatic nitrogens is 4. The number of anilines is 1. The summed E-state index contributed by atoms with van der Waals surface area (Å²) in [6, 6.07) is 5.01. The number of fused-ring (bicyclic) bond motifs is 1. The van der Waals surface area contributed by atoms with Crippen molar-refractivity contribution < 1.29 is 9.13 Å². The van der Waals surface area contributed by atoms with E-state index in [4.69, 9.17) is 16.3 Å². The molecule has 0 bridgehead atoms. The lowest BCUT2D eigenvalue weighted by molar-refractivity contribution is 0.388. The number of ether oxygens (including phenoxy) is 1. The van der Waals surface area contributed by atoms with E-state index in [1.165, 1.54) is 18.9 Å². The summed E-state index contributed by atoms with van der Waals surface area (Å²) in [5.74, 6) is 2.13. The lowest BCUT2D eigenvalue weighted by atomic mass is 9.88. The first-order valence-electron chi connectivity index (χ1n) is 10.1. The maximum Gasteiger partial charge on any atom is 0.198 e. The van der Waals surface area contributed by atoms with E-state index >= 15 is 0 Å². The summed E-state index contributed by atoms with van der Waals surface area (Å²) in [6.07, 6.45) is 6.85. The van der Waals surface area contributed by atoms with E-state index in [1.807, 2.05) is 6.07 Å². The van der Waals surface area contributed by atoms with Crippen LogP contribution in [0.15, 0.2) is 24.4 Å². The number of nitrogens with zero attached hydrogens (tertiary/aromatic N) is 5. The van der Waals surface area contributed by atoms with Crippen molar-refractivity contribution in [3.8, 4) is 5.75 Å². The maximum absolute atomic E-state index is 14.4. The fourth-order valence-corrected chi connectivity index (χ4v) is 4.57. The molecule has 0 unspecified atom stereocenters. The second-order valence-electron chi connectivity index (χ2n) is 7.96. The van der Waals surface area contributed by atoms with Gasteiger partial charge in [-0.3, -0.25) is 0 Å². The van der Waals surface area contributed by atoms with Gasteiger partial charge in [-0.2, -0.15) is 9.61 Å². The van der Waals surface area contributed by atoms with Crippen LogP contribution in [-0.2, 0) is 6.42 Å². The summed E-state index contributed by atoms with van der Waals surface area (Å²) in [6.45, 7) is 1.53. The Bertz CT molecular complexity index is 1040. The summed E-state index contributed by atoms with van der Waals surface area (Å²) in [4.78, 5) is 2.20. The van der Waals surface area contributed by atoms with Gasteiger partial charge in [0.25, 0.3) is 0 Å². The quantitative estimate of drug-likeness (QED) is 0.623. The molecular weight excluding hydrogens is 393 g/mol. The van der Waals surface area contributed by atoms with Gasteiger partial charge in [0.05, 0.1) is 19.0 Å². The van der Waals surface area contributed by atoms with Crippen molar-refractivity contribution in [1.29, 1.82) is 0 Å². The third-order valence-corrected chi connectivity index (χ3v) is 6.43. The predicted octanol–water partition coefficient (Wildman–Crippen LogP) is 4.26. The van der Waals surface area contributed by atoms with Crippen LogP contribution in [0.1, 0.15) is 43.0 Å². The van der Waals surface area contributed by atoms with Crippen LogP contribution in [0.25, 0.3) is 5.65 Å². The first-order chi connectivity index (χ1) is 14.2. The Morgan fingerprint density at radius 2 is 1.97 bits per heavy atom. The molecule has 0 spiro atoms. The van der Waals surface area contributed by atoms with E-state index in [2.05, 4.69) is 20.2 Å². The summed E-state index contributed by atoms with van der Waals surface area (Å²) in [7, 11) is 1.59. The first-order valence-corrected chi connectivity index (χ1v) is 10.5. The van der Waals surface area contributed by atoms with Crippen LogP contribution in [-0.4, -0.2) is 40.0 Å². The summed E-state index contributed by atoms with van der Waals surface area (Å²) in [5, 5.41) is 13.7. The summed E-state index contributed by atoms with van der Waals surface area (Å²) < 4.78 is 21.6. The molecule has 6 nitrogen and oxygen atoms in total. The van der Waals surface area contributed by atoms with Crippen molar-refractivity contribution in [3.05, 3.63) is 46.6 Å². The molecule has 3 heterocycles. The van der Waals surface area contributed by atoms with Gasteiger partial charge in [-0.25, -0.2) is 4.39 Å². The Balaban J connectivity index is 1.36. The lowest BCUT2D eigenvalue weighted by Crippen LogP contribution is -2.33. The fourth-order valence-electron chi connectivity index (χ4n) is 4.28. The van der Waals surface area contributed by atoms with E-state index in [9.17, 15) is 4.39 Å². The van der Waals surface area contributed by atoms with Gasteiger partial charge < -0.3 is 9.64 Å². The summed E-state index contributed by atoms with van der Waals surface area (Å²) in [5.41, 5.74) is 2.15. The molecule has 0 radical (unpaired) electrons. The lowest BCUT2D eigenvalue weighted by Gasteiger charge is -2.34. The molecule has 29 heavy (non-hydrogen) atoms. The molecule has 152 valence electrons. The van der Waals surface area contributed by atoms with Crippen molar-refractivity contribution in [1.82, 2.24) is 19.8 Å². The van der Waals surface area contributed by atoms with Crippen molar-refractivity contribution >= 4 is 22.9 Å². The number of piperidine rings is 1. The Morgan fingerprint density at radius 1 is 1.17 bits per heavy atom. The minimum absolute atomic E-state index is 0.121. The zero-order valence-corrected chi connectivity index (χ0v) is 17.1. The topological polar surface area (TPSA) is 55.5 Å². The Hall–Kier alpha value is -2.41. The Kier molecular flexibility index (Phi) is 4.78. The van der Waals surface area contributed by atoms with E-state index in [0.29, 0.717) is 27.9 Å². The van der Waals surface area contributed by atoms with Gasteiger partial charge in [0.2, 0.25) is 0 Å². The molecular formula is C21H23ClFN5O. The maximum atomic E-state index is 14.4. The first kappa shape index (κ1) is 18.6. The predicted molar refractivity (Wildman–Crippen MR) is 109 cm³/mol. The Morgan fingerprint density at radius 3 is 2.69 bits per heavy atom. The van der Waals surface area contributed by atoms with Gasteiger partial charge >= 0.3 is 0 Å². The second-order valence-corrected chi connectivity index (χ2v) is 8.34. The zero-order chi connectivity index (χ0) is 20.0. The largest absolute Gasteiger partial charge is 0.496 e. The van der Waals surface area contributed by atoms with Gasteiger partial charge in [-0.15, -0.1) is 10.2 Å². The van der Waals surface area contributed by atoms with E-state index < -0.39 is 0 Å². The number of benzene rings is 1. The van der Waals surface area contributed by atoms with Crippen molar-refractivity contribution in [2.75, 3.05) is 25.1 Å². The molecule has 2 fully saturated rings. The third-order valence-electron chi connectivity index (χ3n) is 6.07. The highest BCUT2D eigenvalue weighted by Crippen LogP contribution is 2.39. The molecule has 1 aliphatic carbocycles. The molecule has 1 saturated heterocycles. The highest BCUT2D eigenvalue weighted by atomic mass is 35.5. The number of hydrogen-bond donors (Lipinski definition) is 0. The molecule has 8 heteroatoms. The van der Waals surface area contributed by atoms with E-state index in [-0.39, 0.29) is 11.7 Å². The summed E-state index contributed by atoms with van der Waals surface area (Å²) >= 11 is 6.68. The molecule has 1 aliphatic heterocycles. The van der Waals surface area contributed by atoms with Crippen LogP contribution < -0.4 is 9.64 Å². The van der Waals surface area contributed by atoms with Crippen LogP contribution in [0.5, 0.6) is 5.75 Å². The normalized spacial score (nSPS) is 17.8. The monoisotopic (exact) mass is 415 g/mol. The zero-order valence-electron chi connectivity index (χ0n) is 16.3. The molecule has 1 saturated carbocycles. The van der Waals surface area contributed by atoms with Crippen molar-refractivity contribution in [2.45, 2.75) is 38.0 Å². The van der Waals surface area contributed by atoms with Crippen LogP contribution in [0.4, 0.5) is 10.1 Å². The number of rotatable bonds is 5. The molecule has 5 rings (SSSR count). The minimum atomic E-state index is -0.199. The average molecular weight is 416 g/mol. The standard InChI is InChI=1S/C21H23ClFN5O/c1-29-17-4-2-3-15(23)19(17)14-7-9-27(10-8-14)16-12-24-28-18(11-13-5-6-13)25-26-21(28)20(16)22/h2-4,12-14H,5-11H2,1H3. The SMILES string of the molecule is COc1cccc(F)c1C1CCN(c2cnn3c(CC4CC4)nnc3c2Cl)CC1. The van der Waals surface area contributed by atoms with Crippen LogP contribution in [0.2, 0.25) is 5.02 Å². The fraction of sp³-hybridized carbons (Fsp3) is 0.476. The van der Waals surface area contributed by atoms with E-state index in [1.54, 1.807) is 23.9 Å². The van der Waals surface area contributed by atoms with Gasteiger partial charge in [0, 0.05) is 25.1 Å². The molecule has 3 aromatic rings. The molecule has 2 aliphatic rings. The van der Waals surface area contributed by atoms with Gasteiger partial charge in [0.1, 0.15) is 16.6 Å². The molecule has 1 aromatic carbocycles. The minimum Gasteiger partial charge on any atom is -0.496 e. The van der Waals surface area contributed by atoms with Gasteiger partial charge in [-0.1, -0.05) is 17.7 Å². The Labute approximate surface area is 173 Å². The highest BCUT2D eigenvalue weighted by molar-refractivity contribution is 6.36. The highest BCUT2D eigenvalue weighted by Gasteiger charge is 2.28. The molecule has 2 aromatic heterocycles. The molecule has 0 atom stereocenters.